The Balaban J connectivity index is 2.85. The van der Waals surface area contributed by atoms with Crippen LogP contribution < -0.4 is 4.74 Å². The molecule has 0 aromatic heterocycles. The molecule has 3 heteroatoms. The molecule has 0 saturated heterocycles. The molecule has 1 N–H and O–H groups in total. The lowest BCUT2D eigenvalue weighted by Gasteiger charge is -2.10. The van der Waals surface area contributed by atoms with Gasteiger partial charge in [0.15, 0.2) is 0 Å². The molecule has 1 atom stereocenters. The highest BCUT2D eigenvalue weighted by Gasteiger charge is 2.13. The summed E-state index contributed by atoms with van der Waals surface area (Å²) in [6.45, 7) is -0.154. The maximum absolute atomic E-state index is 13.3. The molecule has 1 aromatic rings. The Hall–Kier alpha value is -1.09. The molecule has 2 nitrogen and oxygen atoms in total. The fraction of sp³-hybridized carbons (Fsp3) is 0.400. The number of ether oxygens (including phenoxy) is 1. The van der Waals surface area contributed by atoms with E-state index < -0.39 is 6.17 Å². The number of methoxy groups -OCH3 is 1. The second-order valence-corrected chi connectivity index (χ2v) is 2.72. The molecule has 0 aliphatic rings. The van der Waals surface area contributed by atoms with Gasteiger partial charge in [0.2, 0.25) is 0 Å². The summed E-state index contributed by atoms with van der Waals surface area (Å²) in [5.41, 5.74) is 0.499. The molecule has 0 bridgehead atoms. The Morgan fingerprint density at radius 2 is 2.15 bits per heavy atom. The van der Waals surface area contributed by atoms with Crippen LogP contribution in [0.4, 0.5) is 4.39 Å². The van der Waals surface area contributed by atoms with E-state index in [9.17, 15) is 4.39 Å². The van der Waals surface area contributed by atoms with Crippen molar-refractivity contribution in [3.05, 3.63) is 29.8 Å². The minimum atomic E-state index is -1.15. The fourth-order valence-corrected chi connectivity index (χ4v) is 1.19. The third kappa shape index (κ3) is 2.42. The summed E-state index contributed by atoms with van der Waals surface area (Å²) in [7, 11) is 1.50. The van der Waals surface area contributed by atoms with Gasteiger partial charge in [-0.2, -0.15) is 0 Å². The number of halogens is 1. The van der Waals surface area contributed by atoms with Crippen LogP contribution >= 0.6 is 0 Å². The number of rotatable bonds is 4. The average Bonchev–Trinajstić information content (AvgIpc) is 2.18. The van der Waals surface area contributed by atoms with Gasteiger partial charge in [-0.15, -0.1) is 0 Å². The standard InChI is InChI=1S/C10H13FO2/c1-13-10-5-3-2-4-8(10)9(11)6-7-12/h2-5,9,12H,6-7H2,1H3. The fourth-order valence-electron chi connectivity index (χ4n) is 1.19. The zero-order chi connectivity index (χ0) is 9.68. The average molecular weight is 184 g/mol. The number of aliphatic hydroxyl groups excluding tert-OH is 1. The van der Waals surface area contributed by atoms with Gasteiger partial charge in [-0.1, -0.05) is 18.2 Å². The van der Waals surface area contributed by atoms with Crippen molar-refractivity contribution >= 4 is 0 Å². The molecule has 0 aliphatic heterocycles. The normalized spacial score (nSPS) is 12.5. The Morgan fingerprint density at radius 1 is 1.46 bits per heavy atom. The van der Waals surface area contributed by atoms with Crippen molar-refractivity contribution in [3.8, 4) is 5.75 Å². The van der Waals surface area contributed by atoms with Crippen LogP contribution in [0.15, 0.2) is 24.3 Å². The smallest absolute Gasteiger partial charge is 0.131 e. The van der Waals surface area contributed by atoms with E-state index in [1.54, 1.807) is 24.3 Å². The lowest BCUT2D eigenvalue weighted by molar-refractivity contribution is 0.219. The van der Waals surface area contributed by atoms with E-state index in [1.165, 1.54) is 7.11 Å². The number of alkyl halides is 1. The van der Waals surface area contributed by atoms with Gasteiger partial charge in [0.05, 0.1) is 7.11 Å². The summed E-state index contributed by atoms with van der Waals surface area (Å²) >= 11 is 0. The number of hydrogen-bond acceptors (Lipinski definition) is 2. The van der Waals surface area contributed by atoms with Crippen LogP contribution in [0.1, 0.15) is 18.2 Å². The maximum Gasteiger partial charge on any atom is 0.131 e. The van der Waals surface area contributed by atoms with Gasteiger partial charge in [0.1, 0.15) is 11.9 Å². The van der Waals surface area contributed by atoms with E-state index in [2.05, 4.69) is 0 Å². The van der Waals surface area contributed by atoms with Gasteiger partial charge in [-0.25, -0.2) is 4.39 Å². The summed E-state index contributed by atoms with van der Waals surface area (Å²) in [4.78, 5) is 0. The maximum atomic E-state index is 13.3. The molecule has 1 unspecified atom stereocenters. The van der Waals surface area contributed by atoms with Gasteiger partial charge in [0.25, 0.3) is 0 Å². The predicted molar refractivity (Wildman–Crippen MR) is 48.5 cm³/mol. The van der Waals surface area contributed by atoms with Gasteiger partial charge in [-0.05, 0) is 6.07 Å². The first-order valence-electron chi connectivity index (χ1n) is 4.17. The van der Waals surface area contributed by atoms with Gasteiger partial charge in [0, 0.05) is 18.6 Å². The molecule has 0 fully saturated rings. The lowest BCUT2D eigenvalue weighted by Crippen LogP contribution is -1.98. The minimum Gasteiger partial charge on any atom is -0.496 e. The molecular weight excluding hydrogens is 171 g/mol. The first-order valence-corrected chi connectivity index (χ1v) is 4.17. The van der Waals surface area contributed by atoms with Crippen LogP contribution in [0, 0.1) is 0 Å². The van der Waals surface area contributed by atoms with Crippen LogP contribution in [0.5, 0.6) is 5.75 Å². The van der Waals surface area contributed by atoms with Crippen LogP contribution in [0.2, 0.25) is 0 Å². The first-order chi connectivity index (χ1) is 6.29. The van der Waals surface area contributed by atoms with Crippen LogP contribution in [-0.4, -0.2) is 18.8 Å². The van der Waals surface area contributed by atoms with Crippen LogP contribution in [0.3, 0.4) is 0 Å². The molecular formula is C10H13FO2. The molecule has 0 saturated carbocycles. The molecule has 0 aliphatic carbocycles. The topological polar surface area (TPSA) is 29.5 Å². The summed E-state index contributed by atoms with van der Waals surface area (Å²) in [6.07, 6.45) is -1.04. The van der Waals surface area contributed by atoms with Crippen molar-refractivity contribution in [2.24, 2.45) is 0 Å². The van der Waals surface area contributed by atoms with Crippen LogP contribution in [-0.2, 0) is 0 Å². The molecule has 1 rings (SSSR count). The van der Waals surface area contributed by atoms with Crippen molar-refractivity contribution in [3.63, 3.8) is 0 Å². The van der Waals surface area contributed by atoms with Crippen molar-refractivity contribution in [1.29, 1.82) is 0 Å². The Morgan fingerprint density at radius 3 is 2.77 bits per heavy atom. The Kier molecular flexibility index (Phi) is 3.71. The zero-order valence-corrected chi connectivity index (χ0v) is 7.53. The number of hydrogen-bond donors (Lipinski definition) is 1. The van der Waals surface area contributed by atoms with Crippen molar-refractivity contribution in [2.75, 3.05) is 13.7 Å². The quantitative estimate of drug-likeness (QED) is 0.776. The molecule has 0 heterocycles. The highest BCUT2D eigenvalue weighted by Crippen LogP contribution is 2.29. The summed E-state index contributed by atoms with van der Waals surface area (Å²) in [5, 5.41) is 8.58. The van der Waals surface area contributed by atoms with Gasteiger partial charge >= 0.3 is 0 Å². The van der Waals surface area contributed by atoms with Crippen LogP contribution in [0.25, 0.3) is 0 Å². The second-order valence-electron chi connectivity index (χ2n) is 2.72. The van der Waals surface area contributed by atoms with E-state index in [-0.39, 0.29) is 13.0 Å². The van der Waals surface area contributed by atoms with Gasteiger partial charge < -0.3 is 9.84 Å². The first kappa shape index (κ1) is 9.99. The van der Waals surface area contributed by atoms with E-state index in [4.69, 9.17) is 9.84 Å². The van der Waals surface area contributed by atoms with E-state index >= 15 is 0 Å². The highest BCUT2D eigenvalue weighted by atomic mass is 19.1. The Labute approximate surface area is 77.0 Å². The molecule has 1 aromatic carbocycles. The molecule has 13 heavy (non-hydrogen) atoms. The number of aliphatic hydroxyl groups is 1. The van der Waals surface area contributed by atoms with Crippen molar-refractivity contribution < 1.29 is 14.2 Å². The van der Waals surface area contributed by atoms with Crippen molar-refractivity contribution in [1.82, 2.24) is 0 Å². The molecule has 0 radical (unpaired) electrons. The van der Waals surface area contributed by atoms with E-state index in [0.29, 0.717) is 11.3 Å². The van der Waals surface area contributed by atoms with E-state index in [1.807, 2.05) is 0 Å². The molecule has 0 amide bonds. The predicted octanol–water partition coefficient (Wildman–Crippen LogP) is 2.09. The third-order valence-electron chi connectivity index (χ3n) is 1.86. The van der Waals surface area contributed by atoms with Crippen molar-refractivity contribution in [2.45, 2.75) is 12.6 Å². The van der Waals surface area contributed by atoms with Gasteiger partial charge in [-0.3, -0.25) is 0 Å². The third-order valence-corrected chi connectivity index (χ3v) is 1.86. The minimum absolute atomic E-state index is 0.111. The lowest BCUT2D eigenvalue weighted by atomic mass is 10.1. The summed E-state index contributed by atoms with van der Waals surface area (Å²) < 4.78 is 18.3. The molecule has 72 valence electrons. The Bertz CT molecular complexity index is 263. The zero-order valence-electron chi connectivity index (χ0n) is 7.53. The highest BCUT2D eigenvalue weighted by molar-refractivity contribution is 5.34. The monoisotopic (exact) mass is 184 g/mol. The number of benzene rings is 1. The second kappa shape index (κ2) is 4.82. The largest absolute Gasteiger partial charge is 0.496 e. The SMILES string of the molecule is COc1ccccc1C(F)CCO. The molecule has 0 spiro atoms. The van der Waals surface area contributed by atoms with E-state index in [0.717, 1.165) is 0 Å². The summed E-state index contributed by atoms with van der Waals surface area (Å²) in [5.74, 6) is 0.531. The summed E-state index contributed by atoms with van der Waals surface area (Å²) in [6, 6.07) is 6.91. The number of para-hydroxylation sites is 1.